The summed E-state index contributed by atoms with van der Waals surface area (Å²) < 4.78 is 4.72. The van der Waals surface area contributed by atoms with Gasteiger partial charge in [-0.3, -0.25) is 0 Å². The van der Waals surface area contributed by atoms with E-state index in [0.717, 1.165) is 83.7 Å². The molecule has 0 aliphatic rings. The summed E-state index contributed by atoms with van der Waals surface area (Å²) in [4.78, 5) is 5.35. The SMILES string of the molecule is C=C/C=C\C.C=Cc1c(/C=C\C)n(-c2cccc(-c3cccc(-c4cc(-c5ccccc5)c5cc(-c6cccc(-n7c8ccccc8c8ccccc87)c6)ccc5n4)c3)c2)c2ccccc12. The summed E-state index contributed by atoms with van der Waals surface area (Å²) >= 11 is 0. The average molecular weight is 848 g/mol. The first-order chi connectivity index (χ1) is 32.6. The number of hydrogen-bond acceptors (Lipinski definition) is 1. The van der Waals surface area contributed by atoms with Crippen molar-refractivity contribution in [2.75, 3.05) is 0 Å². The van der Waals surface area contributed by atoms with Crippen LogP contribution in [0.2, 0.25) is 0 Å². The standard InChI is InChI=1S/C58H41N3.C5H8/c1-3-17-55-47(4-2)48-26-8-11-29-56(48)60(55)45-24-15-21-41(35-45)40-20-14-23-44(34-40)54-38-51(39-18-6-5-7-19-39)52-37-43(32-33-53(52)59-54)42-22-16-25-46(36-42)61-57-30-12-9-27-49(57)50-28-10-13-31-58(50)61;1-3-5-4-2/h3-38H,2H2,1H3;3-5H,1H2,2H3/b17-3-;5-4-. The normalized spacial score (nSPS) is 11.5. The summed E-state index contributed by atoms with van der Waals surface area (Å²) in [7, 11) is 0. The van der Waals surface area contributed by atoms with E-state index in [0.29, 0.717) is 0 Å². The molecule has 0 N–H and O–H groups in total. The largest absolute Gasteiger partial charge is 0.309 e. The maximum absolute atomic E-state index is 5.35. The number of pyridine rings is 1. The van der Waals surface area contributed by atoms with Crippen LogP contribution in [0.4, 0.5) is 0 Å². The van der Waals surface area contributed by atoms with Crippen molar-refractivity contribution in [1.82, 2.24) is 14.1 Å². The lowest BCUT2D eigenvalue weighted by atomic mass is 9.94. The van der Waals surface area contributed by atoms with Crippen LogP contribution < -0.4 is 0 Å². The second-order valence-corrected chi connectivity index (χ2v) is 16.3. The smallest absolute Gasteiger partial charge is 0.0716 e. The molecule has 3 nitrogen and oxygen atoms in total. The number of allylic oxidation sites excluding steroid dienone is 4. The molecule has 3 aromatic heterocycles. The van der Waals surface area contributed by atoms with Crippen molar-refractivity contribution in [3.8, 4) is 56.0 Å². The lowest BCUT2D eigenvalue weighted by Crippen LogP contribution is -1.97. The molecule has 3 heteroatoms. The maximum atomic E-state index is 5.35. The average Bonchev–Trinajstić information content (AvgIpc) is 3.89. The summed E-state index contributed by atoms with van der Waals surface area (Å²) in [5.74, 6) is 0. The van der Waals surface area contributed by atoms with Crippen LogP contribution in [0.3, 0.4) is 0 Å². The van der Waals surface area contributed by atoms with Gasteiger partial charge in [0.05, 0.1) is 33.5 Å². The molecule has 11 rings (SSSR count). The Morgan fingerprint density at radius 3 is 1.56 bits per heavy atom. The highest BCUT2D eigenvalue weighted by Crippen LogP contribution is 2.38. The molecule has 0 fully saturated rings. The Hall–Kier alpha value is -8.53. The molecule has 0 bridgehead atoms. The lowest BCUT2D eigenvalue weighted by molar-refractivity contribution is 1.11. The van der Waals surface area contributed by atoms with E-state index in [9.17, 15) is 0 Å². The van der Waals surface area contributed by atoms with Crippen molar-refractivity contribution in [3.63, 3.8) is 0 Å². The van der Waals surface area contributed by atoms with Gasteiger partial charge in [-0.1, -0.05) is 177 Å². The Labute approximate surface area is 386 Å². The van der Waals surface area contributed by atoms with E-state index in [-0.39, 0.29) is 0 Å². The highest BCUT2D eigenvalue weighted by Gasteiger charge is 2.17. The van der Waals surface area contributed by atoms with E-state index in [1.165, 1.54) is 27.2 Å². The molecule has 11 aromatic rings. The molecule has 0 spiro atoms. The zero-order valence-corrected chi connectivity index (χ0v) is 37.3. The van der Waals surface area contributed by atoms with Crippen LogP contribution >= 0.6 is 0 Å². The minimum Gasteiger partial charge on any atom is -0.309 e. The van der Waals surface area contributed by atoms with Gasteiger partial charge in [-0.15, -0.1) is 0 Å². The molecule has 316 valence electrons. The van der Waals surface area contributed by atoms with Crippen LogP contribution in [0.15, 0.2) is 238 Å². The van der Waals surface area contributed by atoms with Gasteiger partial charge in [0.25, 0.3) is 0 Å². The van der Waals surface area contributed by atoms with Crippen LogP contribution in [0, 0.1) is 0 Å². The van der Waals surface area contributed by atoms with Crippen LogP contribution in [0.1, 0.15) is 25.1 Å². The predicted octanol–water partition coefficient (Wildman–Crippen LogP) is 17.4. The van der Waals surface area contributed by atoms with Gasteiger partial charge in [0.2, 0.25) is 0 Å². The van der Waals surface area contributed by atoms with Crippen molar-refractivity contribution in [1.29, 1.82) is 0 Å². The fourth-order valence-corrected chi connectivity index (χ4v) is 9.35. The van der Waals surface area contributed by atoms with E-state index in [4.69, 9.17) is 4.98 Å². The first kappa shape index (κ1) is 41.5. The zero-order chi connectivity index (χ0) is 45.0. The Morgan fingerprint density at radius 2 is 0.955 bits per heavy atom. The van der Waals surface area contributed by atoms with Gasteiger partial charge in [-0.05, 0) is 120 Å². The summed E-state index contributed by atoms with van der Waals surface area (Å²) in [6, 6.07) is 72.1. The van der Waals surface area contributed by atoms with Crippen molar-refractivity contribution in [2.24, 2.45) is 0 Å². The molecule has 0 unspecified atom stereocenters. The molecule has 0 radical (unpaired) electrons. The second-order valence-electron chi connectivity index (χ2n) is 16.3. The van der Waals surface area contributed by atoms with E-state index in [1.807, 2.05) is 25.2 Å². The Kier molecular flexibility index (Phi) is 11.5. The highest BCUT2D eigenvalue weighted by atomic mass is 15.0. The van der Waals surface area contributed by atoms with Crippen LogP contribution in [0.5, 0.6) is 0 Å². The number of rotatable bonds is 9. The molecular formula is C63H49N3. The number of benzene rings is 8. The predicted molar refractivity (Wildman–Crippen MR) is 284 cm³/mol. The summed E-state index contributed by atoms with van der Waals surface area (Å²) in [6.07, 6.45) is 11.8. The molecule has 0 aliphatic heterocycles. The molecular weight excluding hydrogens is 799 g/mol. The first-order valence-electron chi connectivity index (χ1n) is 22.5. The van der Waals surface area contributed by atoms with E-state index < -0.39 is 0 Å². The number of fused-ring (bicyclic) bond motifs is 5. The maximum Gasteiger partial charge on any atom is 0.0716 e. The van der Waals surface area contributed by atoms with Crippen molar-refractivity contribution < 1.29 is 0 Å². The van der Waals surface area contributed by atoms with Gasteiger partial charge in [0.15, 0.2) is 0 Å². The van der Waals surface area contributed by atoms with E-state index in [1.54, 1.807) is 6.08 Å². The molecule has 0 amide bonds. The topological polar surface area (TPSA) is 22.8 Å². The first-order valence-corrected chi connectivity index (χ1v) is 22.5. The minimum absolute atomic E-state index is 0.938. The fourth-order valence-electron chi connectivity index (χ4n) is 9.35. The van der Waals surface area contributed by atoms with Gasteiger partial charge in [0, 0.05) is 44.0 Å². The lowest BCUT2D eigenvalue weighted by Gasteiger charge is -2.14. The van der Waals surface area contributed by atoms with Crippen LogP contribution in [-0.2, 0) is 0 Å². The number of aromatic nitrogens is 3. The monoisotopic (exact) mass is 847 g/mol. The van der Waals surface area contributed by atoms with Gasteiger partial charge in [0.1, 0.15) is 0 Å². The molecule has 3 heterocycles. The molecule has 8 aromatic carbocycles. The summed E-state index contributed by atoms with van der Waals surface area (Å²) in [5.41, 5.74) is 17.9. The highest BCUT2D eigenvalue weighted by molar-refractivity contribution is 6.09. The van der Waals surface area contributed by atoms with Crippen LogP contribution in [-0.4, -0.2) is 14.1 Å². The second kappa shape index (κ2) is 18.3. The minimum atomic E-state index is 0.938. The number of para-hydroxylation sites is 3. The third-order valence-corrected chi connectivity index (χ3v) is 12.3. The molecule has 0 saturated carbocycles. The van der Waals surface area contributed by atoms with Crippen molar-refractivity contribution >= 4 is 55.8 Å². The third-order valence-electron chi connectivity index (χ3n) is 12.3. The Balaban J connectivity index is 0.000000973. The Morgan fingerprint density at radius 1 is 0.424 bits per heavy atom. The van der Waals surface area contributed by atoms with Crippen molar-refractivity contribution in [2.45, 2.75) is 13.8 Å². The quantitative estimate of drug-likeness (QED) is 0.133. The Bertz CT molecular complexity index is 3600. The fraction of sp³-hybridized carbons (Fsp3) is 0.0317. The summed E-state index contributed by atoms with van der Waals surface area (Å²) in [5, 5.41) is 4.83. The van der Waals surface area contributed by atoms with Crippen molar-refractivity contribution in [3.05, 3.63) is 249 Å². The van der Waals surface area contributed by atoms with Gasteiger partial charge >= 0.3 is 0 Å². The van der Waals surface area contributed by atoms with Gasteiger partial charge < -0.3 is 9.13 Å². The number of hydrogen-bond donors (Lipinski definition) is 0. The zero-order valence-electron chi connectivity index (χ0n) is 37.3. The van der Waals surface area contributed by atoms with E-state index in [2.05, 4.69) is 242 Å². The van der Waals surface area contributed by atoms with Gasteiger partial charge in [-0.2, -0.15) is 0 Å². The molecule has 0 saturated heterocycles. The molecule has 66 heavy (non-hydrogen) atoms. The number of nitrogens with zero attached hydrogens (tertiary/aromatic N) is 3. The van der Waals surface area contributed by atoms with Crippen LogP contribution in [0.25, 0.3) is 112 Å². The molecule has 0 atom stereocenters. The van der Waals surface area contributed by atoms with E-state index >= 15 is 0 Å². The molecule has 0 aliphatic carbocycles. The van der Waals surface area contributed by atoms with Gasteiger partial charge in [-0.25, -0.2) is 4.98 Å². The third kappa shape index (κ3) is 7.67. The summed E-state index contributed by atoms with van der Waals surface area (Å²) in [6.45, 7) is 11.7.